The molecule has 0 aliphatic carbocycles. The van der Waals surface area contributed by atoms with E-state index in [4.69, 9.17) is 14.6 Å². The van der Waals surface area contributed by atoms with E-state index < -0.39 is 10.2 Å². The van der Waals surface area contributed by atoms with Crippen molar-refractivity contribution in [3.8, 4) is 11.5 Å². The molecule has 1 aliphatic heterocycles. The molecule has 1 heterocycles. The second-order valence-corrected chi connectivity index (χ2v) is 6.35. The van der Waals surface area contributed by atoms with Crippen molar-refractivity contribution in [1.82, 2.24) is 9.21 Å². The third-order valence-electron chi connectivity index (χ3n) is 3.52. The van der Waals surface area contributed by atoms with Crippen LogP contribution in [-0.2, 0) is 10.2 Å². The molecule has 0 atom stereocenters. The van der Waals surface area contributed by atoms with Crippen LogP contribution in [0.5, 0.6) is 11.5 Å². The molecule has 122 valence electrons. The van der Waals surface area contributed by atoms with Gasteiger partial charge in [0.25, 0.3) is 16.1 Å². The minimum absolute atomic E-state index is 0.185. The minimum Gasteiger partial charge on any atom is -0.493 e. The fourth-order valence-electron chi connectivity index (χ4n) is 2.30. The van der Waals surface area contributed by atoms with Gasteiger partial charge in [-0.2, -0.15) is 12.7 Å². The Balaban J connectivity index is 2.10. The summed E-state index contributed by atoms with van der Waals surface area (Å²) in [5.74, 6) is 0.824. The third-order valence-corrected chi connectivity index (χ3v) is 4.60. The molecule has 0 spiro atoms. The molecular weight excluding hydrogens is 310 g/mol. The average molecular weight is 329 g/mol. The lowest BCUT2D eigenvalue weighted by atomic mass is 10.1. The molecule has 0 aromatic heterocycles. The zero-order chi connectivity index (χ0) is 16.3. The molecule has 1 aromatic rings. The van der Waals surface area contributed by atoms with Gasteiger partial charge in [-0.05, 0) is 18.2 Å². The van der Waals surface area contributed by atoms with Gasteiger partial charge in [-0.15, -0.1) is 0 Å². The summed E-state index contributed by atoms with van der Waals surface area (Å²) >= 11 is 0. The number of amides is 1. The molecule has 9 heteroatoms. The molecule has 1 saturated heterocycles. The molecule has 2 N–H and O–H groups in total. The van der Waals surface area contributed by atoms with Crippen LogP contribution in [0, 0.1) is 0 Å². The highest BCUT2D eigenvalue weighted by atomic mass is 32.2. The summed E-state index contributed by atoms with van der Waals surface area (Å²) in [5.41, 5.74) is 0.460. The largest absolute Gasteiger partial charge is 0.493 e. The van der Waals surface area contributed by atoms with Gasteiger partial charge < -0.3 is 14.4 Å². The van der Waals surface area contributed by atoms with Crippen LogP contribution < -0.4 is 14.6 Å². The van der Waals surface area contributed by atoms with Gasteiger partial charge in [0.15, 0.2) is 11.5 Å². The van der Waals surface area contributed by atoms with E-state index >= 15 is 0 Å². The van der Waals surface area contributed by atoms with Gasteiger partial charge in [-0.1, -0.05) is 0 Å². The van der Waals surface area contributed by atoms with E-state index in [-0.39, 0.29) is 19.0 Å². The normalized spacial score (nSPS) is 16.4. The Kier molecular flexibility index (Phi) is 4.89. The molecule has 0 bridgehead atoms. The number of methoxy groups -OCH3 is 2. The van der Waals surface area contributed by atoms with Gasteiger partial charge in [0.1, 0.15) is 0 Å². The summed E-state index contributed by atoms with van der Waals surface area (Å²) in [4.78, 5) is 14.0. The molecule has 0 saturated carbocycles. The summed E-state index contributed by atoms with van der Waals surface area (Å²) in [6.45, 7) is 0.975. The maximum absolute atomic E-state index is 12.5. The molecule has 8 nitrogen and oxygen atoms in total. The first kappa shape index (κ1) is 16.5. The van der Waals surface area contributed by atoms with E-state index in [9.17, 15) is 13.2 Å². The highest BCUT2D eigenvalue weighted by molar-refractivity contribution is 7.86. The van der Waals surface area contributed by atoms with Crippen molar-refractivity contribution in [1.29, 1.82) is 0 Å². The van der Waals surface area contributed by atoms with E-state index in [0.29, 0.717) is 30.2 Å². The molecule has 22 heavy (non-hydrogen) atoms. The van der Waals surface area contributed by atoms with E-state index in [1.807, 2.05) is 0 Å². The average Bonchev–Trinajstić information content (AvgIpc) is 2.52. The Labute approximate surface area is 129 Å². The standard InChI is InChI=1S/C13H19N3O5S/c1-20-11-4-3-10(9-12(11)21-2)13(17)15-5-7-16(8-6-15)22(14,18)19/h3-4,9H,5-8H2,1-2H3,(H2,14,18,19). The number of hydrogen-bond acceptors (Lipinski definition) is 5. The van der Waals surface area contributed by atoms with Crippen molar-refractivity contribution in [2.24, 2.45) is 5.14 Å². The van der Waals surface area contributed by atoms with Gasteiger partial charge >= 0.3 is 0 Å². The van der Waals surface area contributed by atoms with E-state index in [2.05, 4.69) is 0 Å². The van der Waals surface area contributed by atoms with Crippen molar-refractivity contribution < 1.29 is 22.7 Å². The van der Waals surface area contributed by atoms with E-state index in [1.165, 1.54) is 14.2 Å². The Morgan fingerprint density at radius 2 is 1.68 bits per heavy atom. The van der Waals surface area contributed by atoms with Crippen molar-refractivity contribution in [2.45, 2.75) is 0 Å². The maximum Gasteiger partial charge on any atom is 0.277 e. The van der Waals surface area contributed by atoms with Crippen LogP contribution in [-0.4, -0.2) is 63.9 Å². The van der Waals surface area contributed by atoms with Gasteiger partial charge in [0.2, 0.25) is 0 Å². The predicted octanol–water partition coefficient (Wildman–Crippen LogP) is -0.335. The summed E-state index contributed by atoms with van der Waals surface area (Å²) in [7, 11) is -0.684. The van der Waals surface area contributed by atoms with Gasteiger partial charge in [-0.3, -0.25) is 4.79 Å². The highest BCUT2D eigenvalue weighted by Crippen LogP contribution is 2.28. The summed E-state index contributed by atoms with van der Waals surface area (Å²) in [6, 6.07) is 4.91. The number of rotatable bonds is 4. The van der Waals surface area contributed by atoms with Crippen LogP contribution in [0.4, 0.5) is 0 Å². The third kappa shape index (κ3) is 3.49. The van der Waals surface area contributed by atoms with Crippen LogP contribution in [0.3, 0.4) is 0 Å². The highest BCUT2D eigenvalue weighted by Gasteiger charge is 2.27. The number of carbonyl (C=O) groups excluding carboxylic acids is 1. The first-order valence-corrected chi connectivity index (χ1v) is 8.16. The van der Waals surface area contributed by atoms with Crippen LogP contribution in [0.15, 0.2) is 18.2 Å². The predicted molar refractivity (Wildman–Crippen MR) is 80.1 cm³/mol. The van der Waals surface area contributed by atoms with Crippen molar-refractivity contribution in [3.05, 3.63) is 23.8 Å². The summed E-state index contributed by atoms with van der Waals surface area (Å²) in [6.07, 6.45) is 0. The molecule has 1 aromatic carbocycles. The fourth-order valence-corrected chi connectivity index (χ4v) is 2.97. The van der Waals surface area contributed by atoms with Crippen molar-refractivity contribution >= 4 is 16.1 Å². The molecule has 1 fully saturated rings. The van der Waals surface area contributed by atoms with Crippen molar-refractivity contribution in [2.75, 3.05) is 40.4 Å². The minimum atomic E-state index is -3.70. The smallest absolute Gasteiger partial charge is 0.277 e. The van der Waals surface area contributed by atoms with Gasteiger partial charge in [0.05, 0.1) is 14.2 Å². The number of hydrogen-bond donors (Lipinski definition) is 1. The molecule has 0 radical (unpaired) electrons. The number of nitrogens with zero attached hydrogens (tertiary/aromatic N) is 2. The molecule has 2 rings (SSSR count). The monoisotopic (exact) mass is 329 g/mol. The fraction of sp³-hybridized carbons (Fsp3) is 0.462. The quantitative estimate of drug-likeness (QED) is 0.814. The SMILES string of the molecule is COc1ccc(C(=O)N2CCN(S(N)(=O)=O)CC2)cc1OC. The van der Waals surface area contributed by atoms with Crippen LogP contribution in [0.2, 0.25) is 0 Å². The lowest BCUT2D eigenvalue weighted by Crippen LogP contribution is -2.52. The maximum atomic E-state index is 12.5. The van der Waals surface area contributed by atoms with E-state index in [1.54, 1.807) is 23.1 Å². The number of carbonyl (C=O) groups is 1. The van der Waals surface area contributed by atoms with Gasteiger partial charge in [-0.25, -0.2) is 5.14 Å². The summed E-state index contributed by atoms with van der Waals surface area (Å²) < 4.78 is 34.0. The van der Waals surface area contributed by atoms with E-state index in [0.717, 1.165) is 4.31 Å². The Bertz CT molecular complexity index is 654. The lowest BCUT2D eigenvalue weighted by molar-refractivity contribution is 0.0697. The zero-order valence-corrected chi connectivity index (χ0v) is 13.3. The van der Waals surface area contributed by atoms with Gasteiger partial charge in [0, 0.05) is 31.7 Å². The number of piperazine rings is 1. The number of benzene rings is 1. The zero-order valence-electron chi connectivity index (χ0n) is 12.5. The lowest BCUT2D eigenvalue weighted by Gasteiger charge is -2.33. The molecule has 1 amide bonds. The Hall–Kier alpha value is -1.84. The van der Waals surface area contributed by atoms with Crippen LogP contribution in [0.1, 0.15) is 10.4 Å². The Morgan fingerprint density at radius 3 is 2.18 bits per heavy atom. The number of nitrogens with two attached hydrogens (primary N) is 1. The molecule has 1 aliphatic rings. The first-order valence-electron chi connectivity index (χ1n) is 6.66. The second-order valence-electron chi connectivity index (χ2n) is 4.81. The second kappa shape index (κ2) is 6.51. The summed E-state index contributed by atoms with van der Waals surface area (Å²) in [5, 5.41) is 5.08. The molecule has 0 unspecified atom stereocenters. The van der Waals surface area contributed by atoms with Crippen LogP contribution >= 0.6 is 0 Å². The van der Waals surface area contributed by atoms with Crippen molar-refractivity contribution in [3.63, 3.8) is 0 Å². The topological polar surface area (TPSA) is 102 Å². The van der Waals surface area contributed by atoms with Crippen LogP contribution in [0.25, 0.3) is 0 Å². The first-order chi connectivity index (χ1) is 10.4. The number of ether oxygens (including phenoxy) is 2. The Morgan fingerprint density at radius 1 is 1.09 bits per heavy atom. The molecular formula is C13H19N3O5S.